The fourth-order valence-corrected chi connectivity index (χ4v) is 4.15. The number of primary amides is 1. The summed E-state index contributed by atoms with van der Waals surface area (Å²) < 4.78 is 31.4. The van der Waals surface area contributed by atoms with Gasteiger partial charge in [0.1, 0.15) is 11.5 Å². The van der Waals surface area contributed by atoms with Crippen LogP contribution in [-0.4, -0.2) is 14.3 Å². The van der Waals surface area contributed by atoms with E-state index in [1.807, 2.05) is 36.4 Å². The largest absolute Gasteiger partial charge is 0.458 e. The van der Waals surface area contributed by atoms with Gasteiger partial charge in [0, 0.05) is 5.56 Å². The van der Waals surface area contributed by atoms with Gasteiger partial charge >= 0.3 is 0 Å². The monoisotopic (exact) mass is 381 g/mol. The number of carbonyl (C=O) groups is 1. The van der Waals surface area contributed by atoms with E-state index in [-0.39, 0.29) is 16.2 Å². The maximum atomic E-state index is 12.8. The molecule has 0 heterocycles. The van der Waals surface area contributed by atoms with Crippen molar-refractivity contribution in [1.29, 1.82) is 0 Å². The Morgan fingerprint density at radius 3 is 2.41 bits per heavy atom. The molecule has 0 saturated carbocycles. The van der Waals surface area contributed by atoms with Crippen LogP contribution in [0.4, 0.5) is 0 Å². The molecule has 1 amide bonds. The van der Waals surface area contributed by atoms with Crippen LogP contribution in [0.25, 0.3) is 0 Å². The first-order chi connectivity index (χ1) is 13.0. The van der Waals surface area contributed by atoms with Crippen LogP contribution in [0.5, 0.6) is 5.75 Å². The number of benzene rings is 2. The SMILES string of the molecule is NC(=O)c1ccccc1CS(=O)(=O)C1=CCC=C(Oc2ccccc2)C=C1. The lowest BCUT2D eigenvalue weighted by molar-refractivity contribution is 0.0999. The van der Waals surface area contributed by atoms with Gasteiger partial charge in [-0.3, -0.25) is 4.79 Å². The second-order valence-corrected chi connectivity index (χ2v) is 7.97. The van der Waals surface area contributed by atoms with Crippen molar-refractivity contribution < 1.29 is 17.9 Å². The number of amides is 1. The molecule has 3 rings (SSSR count). The fraction of sp³-hybridized carbons (Fsp3) is 0.0952. The fourth-order valence-electron chi connectivity index (χ4n) is 2.70. The van der Waals surface area contributed by atoms with Crippen LogP contribution < -0.4 is 10.5 Å². The number of nitrogens with two attached hydrogens (primary N) is 1. The third-order valence-electron chi connectivity index (χ3n) is 4.02. The molecule has 0 radical (unpaired) electrons. The summed E-state index contributed by atoms with van der Waals surface area (Å²) in [6.45, 7) is 0. The number of para-hydroxylation sites is 1. The zero-order valence-corrected chi connectivity index (χ0v) is 15.4. The number of hydrogen-bond donors (Lipinski definition) is 1. The minimum atomic E-state index is -3.63. The maximum Gasteiger partial charge on any atom is 0.249 e. The number of allylic oxidation sites excluding steroid dienone is 4. The Bertz CT molecular complexity index is 1030. The lowest BCUT2D eigenvalue weighted by Gasteiger charge is -2.08. The summed E-state index contributed by atoms with van der Waals surface area (Å²) in [6.07, 6.45) is 7.00. The van der Waals surface area contributed by atoms with Gasteiger partial charge in [-0.2, -0.15) is 0 Å². The molecule has 0 fully saturated rings. The zero-order chi connectivity index (χ0) is 19.3. The molecule has 0 aliphatic heterocycles. The third kappa shape index (κ3) is 4.74. The summed E-state index contributed by atoms with van der Waals surface area (Å²) in [5.41, 5.74) is 5.94. The Kier molecular flexibility index (Phi) is 5.57. The molecular formula is C21H19NO4S. The van der Waals surface area contributed by atoms with Gasteiger partial charge in [0.2, 0.25) is 5.91 Å². The topological polar surface area (TPSA) is 86.5 Å². The van der Waals surface area contributed by atoms with Gasteiger partial charge in [-0.25, -0.2) is 8.42 Å². The molecule has 138 valence electrons. The van der Waals surface area contributed by atoms with Crippen molar-refractivity contribution in [3.8, 4) is 5.75 Å². The van der Waals surface area contributed by atoms with E-state index in [1.54, 1.807) is 30.4 Å². The van der Waals surface area contributed by atoms with Gasteiger partial charge in [-0.1, -0.05) is 42.5 Å². The summed E-state index contributed by atoms with van der Waals surface area (Å²) >= 11 is 0. The van der Waals surface area contributed by atoms with Crippen LogP contribution >= 0.6 is 0 Å². The van der Waals surface area contributed by atoms with Gasteiger partial charge in [-0.15, -0.1) is 0 Å². The van der Waals surface area contributed by atoms with Crippen molar-refractivity contribution >= 4 is 15.7 Å². The van der Waals surface area contributed by atoms with Crippen LogP contribution in [0.15, 0.2) is 89.6 Å². The van der Waals surface area contributed by atoms with E-state index >= 15 is 0 Å². The lowest BCUT2D eigenvalue weighted by Crippen LogP contribution is -2.16. The highest BCUT2D eigenvalue weighted by Gasteiger charge is 2.20. The number of carbonyl (C=O) groups excluding carboxylic acids is 1. The van der Waals surface area contributed by atoms with Gasteiger partial charge in [0.25, 0.3) is 0 Å². The molecule has 27 heavy (non-hydrogen) atoms. The van der Waals surface area contributed by atoms with E-state index in [4.69, 9.17) is 10.5 Å². The van der Waals surface area contributed by atoms with E-state index < -0.39 is 15.7 Å². The molecule has 0 spiro atoms. The predicted octanol–water partition coefficient (Wildman–Crippen LogP) is 3.51. The molecule has 1 aliphatic carbocycles. The Balaban J connectivity index is 1.78. The second-order valence-electron chi connectivity index (χ2n) is 5.98. The van der Waals surface area contributed by atoms with Crippen LogP contribution in [0.2, 0.25) is 0 Å². The number of hydrogen-bond acceptors (Lipinski definition) is 4. The first-order valence-electron chi connectivity index (χ1n) is 8.37. The molecule has 6 heteroatoms. The van der Waals surface area contributed by atoms with E-state index in [0.29, 0.717) is 23.5 Å². The molecule has 2 aromatic carbocycles. The summed E-state index contributed by atoms with van der Waals surface area (Å²) in [5, 5.41) is 0. The van der Waals surface area contributed by atoms with Crippen molar-refractivity contribution in [2.45, 2.75) is 12.2 Å². The standard InChI is InChI=1S/C21H19NO4S/c22-21(23)20-12-5-4-7-16(20)15-27(24,25)19-11-6-10-18(13-14-19)26-17-8-2-1-3-9-17/h1-5,7-14H,6,15H2,(H2,22,23). The van der Waals surface area contributed by atoms with Crippen LogP contribution in [0.1, 0.15) is 22.3 Å². The lowest BCUT2D eigenvalue weighted by atomic mass is 10.1. The Morgan fingerprint density at radius 2 is 1.67 bits per heavy atom. The molecular weight excluding hydrogens is 362 g/mol. The number of ether oxygens (including phenoxy) is 1. The van der Waals surface area contributed by atoms with E-state index in [1.165, 1.54) is 12.1 Å². The average Bonchev–Trinajstić information content (AvgIpc) is 2.89. The van der Waals surface area contributed by atoms with Gasteiger partial charge in [0.15, 0.2) is 9.84 Å². The molecule has 2 aromatic rings. The maximum absolute atomic E-state index is 12.8. The molecule has 2 N–H and O–H groups in total. The van der Waals surface area contributed by atoms with Crippen LogP contribution in [0.3, 0.4) is 0 Å². The minimum absolute atomic E-state index is 0.185. The highest BCUT2D eigenvalue weighted by Crippen LogP contribution is 2.23. The molecule has 1 aliphatic rings. The Morgan fingerprint density at radius 1 is 0.963 bits per heavy atom. The smallest absolute Gasteiger partial charge is 0.249 e. The third-order valence-corrected chi connectivity index (χ3v) is 5.73. The summed E-state index contributed by atoms with van der Waals surface area (Å²) in [5.74, 6) is 0.304. The summed E-state index contributed by atoms with van der Waals surface area (Å²) in [6, 6.07) is 15.7. The van der Waals surface area contributed by atoms with E-state index in [9.17, 15) is 13.2 Å². The molecule has 0 saturated heterocycles. The number of sulfone groups is 1. The van der Waals surface area contributed by atoms with Gasteiger partial charge in [0.05, 0.1) is 10.7 Å². The highest BCUT2D eigenvalue weighted by molar-refractivity contribution is 7.94. The van der Waals surface area contributed by atoms with Crippen molar-refractivity contribution in [3.63, 3.8) is 0 Å². The molecule has 0 aromatic heterocycles. The highest BCUT2D eigenvalue weighted by atomic mass is 32.2. The van der Waals surface area contributed by atoms with Crippen molar-refractivity contribution in [2.75, 3.05) is 0 Å². The molecule has 5 nitrogen and oxygen atoms in total. The molecule has 0 unspecified atom stereocenters. The van der Waals surface area contributed by atoms with Crippen LogP contribution in [-0.2, 0) is 15.6 Å². The predicted molar refractivity (Wildman–Crippen MR) is 105 cm³/mol. The second kappa shape index (κ2) is 8.05. The summed E-state index contributed by atoms with van der Waals surface area (Å²) in [4.78, 5) is 11.7. The quantitative estimate of drug-likeness (QED) is 0.830. The van der Waals surface area contributed by atoms with Crippen molar-refractivity contribution in [1.82, 2.24) is 0 Å². The van der Waals surface area contributed by atoms with Gasteiger partial charge < -0.3 is 10.5 Å². The molecule has 0 bridgehead atoms. The average molecular weight is 381 g/mol. The molecule has 0 atom stereocenters. The van der Waals surface area contributed by atoms with E-state index in [0.717, 1.165) is 0 Å². The number of rotatable bonds is 6. The normalized spacial score (nSPS) is 14.1. The van der Waals surface area contributed by atoms with Crippen LogP contribution in [0, 0.1) is 0 Å². The minimum Gasteiger partial charge on any atom is -0.458 e. The first-order valence-corrected chi connectivity index (χ1v) is 10.0. The Labute approximate surface area is 158 Å². The van der Waals surface area contributed by atoms with Crippen molar-refractivity contribution in [2.24, 2.45) is 5.73 Å². The van der Waals surface area contributed by atoms with Crippen molar-refractivity contribution in [3.05, 3.63) is 101 Å². The Hall–Kier alpha value is -3.12. The van der Waals surface area contributed by atoms with E-state index in [2.05, 4.69) is 0 Å². The first kappa shape index (κ1) is 18.7. The zero-order valence-electron chi connectivity index (χ0n) is 14.5. The van der Waals surface area contributed by atoms with Gasteiger partial charge in [-0.05, 0) is 48.4 Å². The summed E-state index contributed by atoms with van der Waals surface area (Å²) in [7, 11) is -3.63.